The van der Waals surface area contributed by atoms with Gasteiger partial charge in [-0.3, -0.25) is 0 Å². The van der Waals surface area contributed by atoms with Crippen molar-refractivity contribution >= 4 is 42.3 Å². The van der Waals surface area contributed by atoms with Crippen LogP contribution in [0, 0.1) is 0 Å². The second kappa shape index (κ2) is 13.1. The fraction of sp³-hybridized carbons (Fsp3) is 0. The van der Waals surface area contributed by atoms with Crippen molar-refractivity contribution < 1.29 is 0 Å². The van der Waals surface area contributed by atoms with E-state index in [0.29, 0.717) is 5.82 Å². The fourth-order valence-electron chi connectivity index (χ4n) is 7.53. The fourth-order valence-corrected chi connectivity index (χ4v) is 8.66. The number of thiophene rings is 1. The first-order chi connectivity index (χ1) is 26.2. The number of aromatic nitrogens is 2. The van der Waals surface area contributed by atoms with E-state index in [4.69, 9.17) is 9.97 Å². The van der Waals surface area contributed by atoms with Crippen LogP contribution in [-0.4, -0.2) is 9.97 Å². The quantitative estimate of drug-likeness (QED) is 0.173. The highest BCUT2D eigenvalue weighted by Gasteiger charge is 2.17. The second-order valence-corrected chi connectivity index (χ2v) is 14.5. The first-order valence-electron chi connectivity index (χ1n) is 17.9. The second-order valence-electron chi connectivity index (χ2n) is 13.4. The number of benzene rings is 8. The van der Waals surface area contributed by atoms with E-state index in [1.165, 1.54) is 42.1 Å². The maximum Gasteiger partial charge on any atom is 0.160 e. The lowest BCUT2D eigenvalue weighted by atomic mass is 9.91. The van der Waals surface area contributed by atoms with Gasteiger partial charge in [0.1, 0.15) is 0 Å². The van der Waals surface area contributed by atoms with E-state index in [9.17, 15) is 0 Å². The zero-order chi connectivity index (χ0) is 35.1. The van der Waals surface area contributed by atoms with Gasteiger partial charge in [-0.25, -0.2) is 9.97 Å². The van der Waals surface area contributed by atoms with E-state index in [2.05, 4.69) is 182 Å². The van der Waals surface area contributed by atoms with Crippen LogP contribution in [0.25, 0.3) is 98.2 Å². The van der Waals surface area contributed by atoms with Gasteiger partial charge in [0.05, 0.1) is 11.4 Å². The van der Waals surface area contributed by atoms with Crippen LogP contribution >= 0.6 is 11.3 Å². The molecule has 0 amide bonds. The highest BCUT2D eigenvalue weighted by atomic mass is 32.1. The lowest BCUT2D eigenvalue weighted by Crippen LogP contribution is -1.97. The number of fused-ring (bicyclic) bond motifs is 4. The van der Waals surface area contributed by atoms with Crippen molar-refractivity contribution in [3.63, 3.8) is 0 Å². The Kier molecular flexibility index (Phi) is 7.71. The van der Waals surface area contributed by atoms with Gasteiger partial charge in [-0.05, 0) is 86.6 Å². The van der Waals surface area contributed by atoms with Crippen LogP contribution in [0.15, 0.2) is 194 Å². The van der Waals surface area contributed by atoms with E-state index in [-0.39, 0.29) is 0 Å². The van der Waals surface area contributed by atoms with Crippen LogP contribution in [-0.2, 0) is 0 Å². The molecule has 0 aliphatic carbocycles. The molecule has 8 aromatic carbocycles. The van der Waals surface area contributed by atoms with Crippen molar-refractivity contribution in [3.8, 4) is 67.3 Å². The Morgan fingerprint density at radius 3 is 1.68 bits per heavy atom. The number of hydrogen-bond donors (Lipinski definition) is 0. The summed E-state index contributed by atoms with van der Waals surface area (Å²) in [6.07, 6.45) is 0. The molecule has 3 heteroatoms. The van der Waals surface area contributed by atoms with E-state index in [1.54, 1.807) is 0 Å². The van der Waals surface area contributed by atoms with Crippen molar-refractivity contribution in [3.05, 3.63) is 194 Å². The van der Waals surface area contributed by atoms with Crippen molar-refractivity contribution in [2.75, 3.05) is 0 Å². The SMILES string of the molecule is c1ccc(-c2cccc(-c3nc(-c4ccccc4)cc(-c4cc(-c5cccc6ccccc56)cc(-c5cccc6sc7ccccc7c56)c4)n3)c2)cc1. The molecule has 10 aromatic rings. The molecule has 0 aliphatic rings. The minimum Gasteiger partial charge on any atom is -0.228 e. The standard InChI is InChI=1S/C50H32N2S/c1-3-14-33(15-4-1)36-20-11-21-37(28-36)50-51-45(35-17-5-2-6-18-35)32-46(52-50)40-30-38(42-24-12-19-34-16-7-8-22-41(34)42)29-39(31-40)43-25-13-27-48-49(43)44-23-9-10-26-47(44)53-48/h1-32H. The molecule has 0 saturated heterocycles. The average molecular weight is 693 g/mol. The van der Waals surface area contributed by atoms with Crippen LogP contribution in [0.2, 0.25) is 0 Å². The summed E-state index contributed by atoms with van der Waals surface area (Å²) in [6, 6.07) is 69.3. The van der Waals surface area contributed by atoms with Crippen molar-refractivity contribution in [1.29, 1.82) is 0 Å². The van der Waals surface area contributed by atoms with Gasteiger partial charge in [-0.15, -0.1) is 11.3 Å². The van der Waals surface area contributed by atoms with Crippen LogP contribution < -0.4 is 0 Å². The van der Waals surface area contributed by atoms with Crippen LogP contribution in [0.1, 0.15) is 0 Å². The largest absolute Gasteiger partial charge is 0.228 e. The predicted octanol–water partition coefficient (Wildman–Crippen LogP) is 14.0. The maximum atomic E-state index is 5.36. The Labute approximate surface area is 312 Å². The molecule has 10 rings (SSSR count). The number of hydrogen-bond acceptors (Lipinski definition) is 3. The Morgan fingerprint density at radius 2 is 0.849 bits per heavy atom. The molecule has 2 nitrogen and oxygen atoms in total. The topological polar surface area (TPSA) is 25.8 Å². The summed E-state index contributed by atoms with van der Waals surface area (Å²) in [5, 5.41) is 5.02. The minimum atomic E-state index is 0.696. The van der Waals surface area contributed by atoms with Gasteiger partial charge in [0, 0.05) is 36.9 Å². The Morgan fingerprint density at radius 1 is 0.321 bits per heavy atom. The predicted molar refractivity (Wildman–Crippen MR) is 225 cm³/mol. The first kappa shape index (κ1) is 31.1. The third-order valence-corrected chi connectivity index (χ3v) is 11.2. The van der Waals surface area contributed by atoms with Gasteiger partial charge < -0.3 is 0 Å². The first-order valence-corrected chi connectivity index (χ1v) is 18.7. The summed E-state index contributed by atoms with van der Waals surface area (Å²) >= 11 is 1.85. The summed E-state index contributed by atoms with van der Waals surface area (Å²) in [5.41, 5.74) is 11.9. The molecule has 0 bridgehead atoms. The summed E-state index contributed by atoms with van der Waals surface area (Å²) in [4.78, 5) is 10.6. The average Bonchev–Trinajstić information content (AvgIpc) is 3.63. The molecule has 0 radical (unpaired) electrons. The molecule has 0 aliphatic heterocycles. The molecule has 0 N–H and O–H groups in total. The molecule has 53 heavy (non-hydrogen) atoms. The van der Waals surface area contributed by atoms with Crippen molar-refractivity contribution in [2.24, 2.45) is 0 Å². The van der Waals surface area contributed by atoms with Gasteiger partial charge in [0.2, 0.25) is 0 Å². The van der Waals surface area contributed by atoms with Crippen molar-refractivity contribution in [1.82, 2.24) is 9.97 Å². The number of nitrogens with zero attached hydrogens (tertiary/aromatic N) is 2. The van der Waals surface area contributed by atoms with E-state index >= 15 is 0 Å². The van der Waals surface area contributed by atoms with Gasteiger partial charge in [0.25, 0.3) is 0 Å². The molecule has 0 saturated carbocycles. The van der Waals surface area contributed by atoms with Gasteiger partial charge in [-0.2, -0.15) is 0 Å². The molecular formula is C50H32N2S. The van der Waals surface area contributed by atoms with Crippen LogP contribution in [0.3, 0.4) is 0 Å². The highest BCUT2D eigenvalue weighted by Crippen LogP contribution is 2.43. The smallest absolute Gasteiger partial charge is 0.160 e. The van der Waals surface area contributed by atoms with E-state index in [0.717, 1.165) is 50.3 Å². The van der Waals surface area contributed by atoms with Gasteiger partial charge in [-0.1, -0.05) is 152 Å². The normalized spacial score (nSPS) is 11.4. The van der Waals surface area contributed by atoms with Crippen molar-refractivity contribution in [2.45, 2.75) is 0 Å². The van der Waals surface area contributed by atoms with E-state index < -0.39 is 0 Å². The van der Waals surface area contributed by atoms with Gasteiger partial charge in [0.15, 0.2) is 5.82 Å². The summed E-state index contributed by atoms with van der Waals surface area (Å²) in [7, 11) is 0. The molecule has 2 heterocycles. The third kappa shape index (κ3) is 5.78. The third-order valence-electron chi connectivity index (χ3n) is 10.1. The summed E-state index contributed by atoms with van der Waals surface area (Å²) < 4.78 is 2.58. The maximum absolute atomic E-state index is 5.36. The Bertz CT molecular complexity index is 2940. The zero-order valence-electron chi connectivity index (χ0n) is 28.8. The summed E-state index contributed by atoms with van der Waals surface area (Å²) in [5.74, 6) is 0.696. The minimum absolute atomic E-state index is 0.696. The molecule has 0 fully saturated rings. The number of rotatable bonds is 6. The molecule has 2 aromatic heterocycles. The highest BCUT2D eigenvalue weighted by molar-refractivity contribution is 7.25. The molecule has 0 spiro atoms. The monoisotopic (exact) mass is 692 g/mol. The van der Waals surface area contributed by atoms with Gasteiger partial charge >= 0.3 is 0 Å². The molecule has 0 atom stereocenters. The lowest BCUT2D eigenvalue weighted by molar-refractivity contribution is 1.18. The molecule has 248 valence electrons. The Balaban J connectivity index is 1.23. The summed E-state index contributed by atoms with van der Waals surface area (Å²) in [6.45, 7) is 0. The molecule has 0 unspecified atom stereocenters. The molecular weight excluding hydrogens is 661 g/mol. The lowest BCUT2D eigenvalue weighted by Gasteiger charge is -2.15. The van der Waals surface area contributed by atoms with Crippen LogP contribution in [0.4, 0.5) is 0 Å². The van der Waals surface area contributed by atoms with Crippen LogP contribution in [0.5, 0.6) is 0 Å². The zero-order valence-corrected chi connectivity index (χ0v) is 29.6. The Hall–Kier alpha value is -6.68. The van der Waals surface area contributed by atoms with E-state index in [1.807, 2.05) is 23.5 Å².